The summed E-state index contributed by atoms with van der Waals surface area (Å²) in [4.78, 5) is 24.2. The normalized spacial score (nSPS) is 12.2. The lowest BCUT2D eigenvalue weighted by molar-refractivity contribution is -0.163. The highest BCUT2D eigenvalue weighted by Gasteiger charge is 2.35. The number of nitrogens with zero attached hydrogens (tertiary/aromatic N) is 1. The van der Waals surface area contributed by atoms with Crippen molar-refractivity contribution >= 4 is 11.9 Å². The summed E-state index contributed by atoms with van der Waals surface area (Å²) in [5.74, 6) is -3.84. The number of halogens is 1. The third-order valence-electron chi connectivity index (χ3n) is 2.94. The molecule has 0 saturated carbocycles. The molecule has 0 heterocycles. The molecule has 6 heteroatoms. The summed E-state index contributed by atoms with van der Waals surface area (Å²) in [7, 11) is 1.13. The molecule has 0 bridgehead atoms. The van der Waals surface area contributed by atoms with Gasteiger partial charge < -0.3 is 9.47 Å². The van der Waals surface area contributed by atoms with Crippen molar-refractivity contribution < 1.29 is 23.5 Å². The molecular weight excluding hydrogens is 289 g/mol. The minimum absolute atomic E-state index is 0.0420. The Balaban J connectivity index is 3.37. The van der Waals surface area contributed by atoms with Crippen LogP contribution in [0, 0.1) is 24.1 Å². The van der Waals surface area contributed by atoms with Crippen LogP contribution in [0.1, 0.15) is 43.4 Å². The summed E-state index contributed by atoms with van der Waals surface area (Å²) in [6.45, 7) is 6.37. The topological polar surface area (TPSA) is 76.4 Å². The SMILES string of the molecule is COC(=O)C(C(=O)OC(C)(C)C)c1ccc(C#N)c(F)c1C. The van der Waals surface area contributed by atoms with E-state index < -0.39 is 29.3 Å². The predicted octanol–water partition coefficient (Wildman–Crippen LogP) is 2.60. The number of hydrogen-bond acceptors (Lipinski definition) is 5. The Morgan fingerprint density at radius 3 is 2.32 bits per heavy atom. The monoisotopic (exact) mass is 307 g/mol. The van der Waals surface area contributed by atoms with Gasteiger partial charge >= 0.3 is 11.9 Å². The van der Waals surface area contributed by atoms with Crippen LogP contribution in [0.3, 0.4) is 0 Å². The van der Waals surface area contributed by atoms with E-state index in [-0.39, 0.29) is 16.7 Å². The molecule has 0 radical (unpaired) electrons. The molecule has 0 aliphatic heterocycles. The van der Waals surface area contributed by atoms with Crippen molar-refractivity contribution in [2.45, 2.75) is 39.2 Å². The largest absolute Gasteiger partial charge is 0.468 e. The Labute approximate surface area is 128 Å². The van der Waals surface area contributed by atoms with Gasteiger partial charge in [0, 0.05) is 0 Å². The molecule has 118 valence electrons. The maximum Gasteiger partial charge on any atom is 0.325 e. The third kappa shape index (κ3) is 3.82. The van der Waals surface area contributed by atoms with Crippen LogP contribution in [0.25, 0.3) is 0 Å². The highest BCUT2D eigenvalue weighted by atomic mass is 19.1. The maximum atomic E-state index is 14.1. The van der Waals surface area contributed by atoms with Gasteiger partial charge in [0.1, 0.15) is 17.5 Å². The standard InChI is InChI=1S/C16H18FNO4/c1-9-11(7-6-10(8-18)13(9)17)12(14(19)21-5)15(20)22-16(2,3)4/h6-7,12H,1-5H3. The van der Waals surface area contributed by atoms with Gasteiger partial charge in [-0.15, -0.1) is 0 Å². The Hall–Kier alpha value is -2.42. The van der Waals surface area contributed by atoms with Gasteiger partial charge in [-0.25, -0.2) is 4.39 Å². The van der Waals surface area contributed by atoms with Crippen LogP contribution >= 0.6 is 0 Å². The van der Waals surface area contributed by atoms with Crippen LogP contribution in [-0.4, -0.2) is 24.6 Å². The first-order chi connectivity index (χ1) is 10.1. The molecule has 0 N–H and O–H groups in total. The highest BCUT2D eigenvalue weighted by molar-refractivity contribution is 6.01. The molecular formula is C16H18FNO4. The zero-order valence-electron chi connectivity index (χ0n) is 13.2. The van der Waals surface area contributed by atoms with E-state index in [0.29, 0.717) is 0 Å². The van der Waals surface area contributed by atoms with Crippen LogP contribution in [0.15, 0.2) is 12.1 Å². The Morgan fingerprint density at radius 2 is 1.86 bits per heavy atom. The number of hydrogen-bond donors (Lipinski definition) is 0. The average Bonchev–Trinajstić information content (AvgIpc) is 2.41. The van der Waals surface area contributed by atoms with Crippen molar-refractivity contribution in [1.29, 1.82) is 5.26 Å². The van der Waals surface area contributed by atoms with E-state index in [9.17, 15) is 14.0 Å². The smallest absolute Gasteiger partial charge is 0.325 e. The molecule has 5 nitrogen and oxygen atoms in total. The van der Waals surface area contributed by atoms with E-state index in [1.54, 1.807) is 26.8 Å². The molecule has 0 amide bonds. The number of carbonyl (C=O) groups excluding carboxylic acids is 2. The first kappa shape index (κ1) is 17.6. The lowest BCUT2D eigenvalue weighted by Gasteiger charge is -2.24. The molecule has 0 saturated heterocycles. The van der Waals surface area contributed by atoms with Gasteiger partial charge in [0.05, 0.1) is 12.7 Å². The fraction of sp³-hybridized carbons (Fsp3) is 0.438. The van der Waals surface area contributed by atoms with Gasteiger partial charge in [0.2, 0.25) is 0 Å². The van der Waals surface area contributed by atoms with Crippen LogP contribution in [0.4, 0.5) is 4.39 Å². The van der Waals surface area contributed by atoms with Crippen molar-refractivity contribution in [2.75, 3.05) is 7.11 Å². The van der Waals surface area contributed by atoms with Crippen LogP contribution in [0.2, 0.25) is 0 Å². The molecule has 22 heavy (non-hydrogen) atoms. The highest BCUT2D eigenvalue weighted by Crippen LogP contribution is 2.27. The van der Waals surface area contributed by atoms with Crippen LogP contribution < -0.4 is 0 Å². The number of ether oxygens (including phenoxy) is 2. The number of nitriles is 1. The number of esters is 2. The Kier molecular flexibility index (Phi) is 5.26. The zero-order valence-corrected chi connectivity index (χ0v) is 13.2. The number of carbonyl (C=O) groups is 2. The summed E-state index contributed by atoms with van der Waals surface area (Å²) in [5.41, 5.74) is -0.797. The summed E-state index contributed by atoms with van der Waals surface area (Å²) in [6, 6.07) is 4.29. The average molecular weight is 307 g/mol. The van der Waals surface area contributed by atoms with E-state index in [4.69, 9.17) is 10.00 Å². The Morgan fingerprint density at radius 1 is 1.27 bits per heavy atom. The number of benzene rings is 1. The van der Waals surface area contributed by atoms with Gasteiger partial charge in [-0.05, 0) is 44.9 Å². The molecule has 1 atom stereocenters. The minimum Gasteiger partial charge on any atom is -0.468 e. The lowest BCUT2D eigenvalue weighted by Crippen LogP contribution is -2.32. The van der Waals surface area contributed by atoms with Gasteiger partial charge in [0.15, 0.2) is 5.92 Å². The summed E-state index contributed by atoms with van der Waals surface area (Å²) < 4.78 is 23.9. The van der Waals surface area contributed by atoms with Gasteiger partial charge in [-0.2, -0.15) is 5.26 Å². The zero-order chi connectivity index (χ0) is 17.1. The lowest BCUT2D eigenvalue weighted by atomic mass is 9.92. The fourth-order valence-corrected chi connectivity index (χ4v) is 1.93. The van der Waals surface area contributed by atoms with Crippen molar-refractivity contribution in [2.24, 2.45) is 0 Å². The minimum atomic E-state index is -1.40. The molecule has 1 unspecified atom stereocenters. The van der Waals surface area contributed by atoms with E-state index in [1.807, 2.05) is 0 Å². The van der Waals surface area contributed by atoms with Crippen LogP contribution in [-0.2, 0) is 19.1 Å². The first-order valence-electron chi connectivity index (χ1n) is 6.62. The van der Waals surface area contributed by atoms with E-state index in [2.05, 4.69) is 4.74 Å². The predicted molar refractivity (Wildman–Crippen MR) is 76.5 cm³/mol. The van der Waals surface area contributed by atoms with Crippen molar-refractivity contribution in [3.63, 3.8) is 0 Å². The molecule has 0 spiro atoms. The van der Waals surface area contributed by atoms with Crippen molar-refractivity contribution in [1.82, 2.24) is 0 Å². The van der Waals surface area contributed by atoms with Gasteiger partial charge in [0.25, 0.3) is 0 Å². The molecule has 1 rings (SSSR count). The molecule has 0 aromatic heterocycles. The molecule has 1 aromatic rings. The third-order valence-corrected chi connectivity index (χ3v) is 2.94. The van der Waals surface area contributed by atoms with Crippen molar-refractivity contribution in [3.8, 4) is 6.07 Å². The first-order valence-corrected chi connectivity index (χ1v) is 6.62. The van der Waals surface area contributed by atoms with Crippen LogP contribution in [0.5, 0.6) is 0 Å². The second kappa shape index (κ2) is 6.56. The molecule has 0 fully saturated rings. The van der Waals surface area contributed by atoms with E-state index in [0.717, 1.165) is 7.11 Å². The summed E-state index contributed by atoms with van der Waals surface area (Å²) in [5, 5.41) is 8.82. The van der Waals surface area contributed by atoms with Gasteiger partial charge in [-0.3, -0.25) is 9.59 Å². The number of methoxy groups -OCH3 is 1. The summed E-state index contributed by atoms with van der Waals surface area (Å²) >= 11 is 0. The van der Waals surface area contributed by atoms with E-state index in [1.165, 1.54) is 19.1 Å². The molecule has 1 aromatic carbocycles. The quantitative estimate of drug-likeness (QED) is 0.633. The van der Waals surface area contributed by atoms with Gasteiger partial charge in [-0.1, -0.05) is 6.07 Å². The second-order valence-corrected chi connectivity index (χ2v) is 5.74. The summed E-state index contributed by atoms with van der Waals surface area (Å²) in [6.07, 6.45) is 0. The molecule has 0 aliphatic rings. The van der Waals surface area contributed by atoms with E-state index >= 15 is 0 Å². The van der Waals surface area contributed by atoms with Crippen molar-refractivity contribution in [3.05, 3.63) is 34.6 Å². The Bertz CT molecular complexity index is 641. The fourth-order valence-electron chi connectivity index (χ4n) is 1.93. The maximum absolute atomic E-state index is 14.1. The second-order valence-electron chi connectivity index (χ2n) is 5.74. The number of rotatable bonds is 3. The molecule has 0 aliphatic carbocycles.